The van der Waals surface area contributed by atoms with Crippen molar-refractivity contribution >= 4 is 19.5 Å². The zero-order valence-electron chi connectivity index (χ0n) is 9.89. The van der Waals surface area contributed by atoms with E-state index >= 15 is 0 Å². The van der Waals surface area contributed by atoms with E-state index in [2.05, 4.69) is 5.32 Å². The smallest absolute Gasteiger partial charge is 0.334 e. The Kier molecular flexibility index (Phi) is 5.23. The summed E-state index contributed by atoms with van der Waals surface area (Å²) >= 11 is 0. The van der Waals surface area contributed by atoms with Gasteiger partial charge in [0.1, 0.15) is 12.2 Å². The topological polar surface area (TPSA) is 124 Å². The molecular formula is C11H14NO6P. The molecule has 0 saturated heterocycles. The highest BCUT2D eigenvalue weighted by Gasteiger charge is 2.25. The first-order valence-corrected chi connectivity index (χ1v) is 7.18. The van der Waals surface area contributed by atoms with E-state index in [4.69, 9.17) is 14.9 Å². The van der Waals surface area contributed by atoms with Crippen LogP contribution in [0.25, 0.3) is 0 Å². The van der Waals surface area contributed by atoms with Gasteiger partial charge >= 0.3 is 13.6 Å². The monoisotopic (exact) mass is 287 g/mol. The molecule has 1 amide bonds. The van der Waals surface area contributed by atoms with Gasteiger partial charge in [0.15, 0.2) is 0 Å². The normalized spacial score (nSPS) is 12.7. The Morgan fingerprint density at radius 1 is 1.21 bits per heavy atom. The molecule has 4 N–H and O–H groups in total. The lowest BCUT2D eigenvalue weighted by Gasteiger charge is -2.14. The molecule has 0 bridgehead atoms. The van der Waals surface area contributed by atoms with E-state index in [1.165, 1.54) is 0 Å². The minimum Gasteiger partial charge on any atom is -0.480 e. The lowest BCUT2D eigenvalue weighted by Crippen LogP contribution is -2.43. The van der Waals surface area contributed by atoms with E-state index in [9.17, 15) is 14.2 Å². The van der Waals surface area contributed by atoms with Crippen molar-refractivity contribution in [1.82, 2.24) is 5.32 Å². The standard InChI is InChI=1S/C11H14NO6P/c13-10(7-19(16,17)18)12-9(11(14)15)6-8-4-2-1-3-5-8/h1-5,9H,6-7H2,(H,12,13)(H,14,15)(H2,16,17,18). The number of carboxylic acids is 1. The number of amides is 1. The van der Waals surface area contributed by atoms with E-state index in [0.29, 0.717) is 5.56 Å². The maximum absolute atomic E-state index is 11.3. The molecular weight excluding hydrogens is 273 g/mol. The highest BCUT2D eigenvalue weighted by molar-refractivity contribution is 7.52. The first-order chi connectivity index (χ1) is 8.78. The zero-order chi connectivity index (χ0) is 14.5. The van der Waals surface area contributed by atoms with Crippen LogP contribution in [0.2, 0.25) is 0 Å². The SMILES string of the molecule is O=C(CP(=O)(O)O)NC(Cc1ccccc1)C(=O)O. The summed E-state index contributed by atoms with van der Waals surface area (Å²) in [6, 6.07) is 7.40. The van der Waals surface area contributed by atoms with Crippen LogP contribution in [0.1, 0.15) is 5.56 Å². The third-order valence-electron chi connectivity index (χ3n) is 2.27. The van der Waals surface area contributed by atoms with Gasteiger partial charge in [0.25, 0.3) is 0 Å². The third-order valence-corrected chi connectivity index (χ3v) is 2.96. The Bertz CT molecular complexity index is 497. The van der Waals surface area contributed by atoms with Gasteiger partial charge in [0.05, 0.1) is 0 Å². The zero-order valence-corrected chi connectivity index (χ0v) is 10.8. The maximum atomic E-state index is 11.3. The largest absolute Gasteiger partial charge is 0.480 e. The van der Waals surface area contributed by atoms with Crippen LogP contribution in [0.3, 0.4) is 0 Å². The van der Waals surface area contributed by atoms with Crippen molar-refractivity contribution < 1.29 is 29.0 Å². The van der Waals surface area contributed by atoms with E-state index in [1.807, 2.05) is 0 Å². The summed E-state index contributed by atoms with van der Waals surface area (Å²) in [5, 5.41) is 11.1. The van der Waals surface area contributed by atoms with Gasteiger partial charge in [-0.05, 0) is 5.56 Å². The average molecular weight is 287 g/mol. The molecule has 1 unspecified atom stereocenters. The molecule has 7 nitrogen and oxygen atoms in total. The van der Waals surface area contributed by atoms with Crippen LogP contribution in [0, 0.1) is 0 Å². The molecule has 0 radical (unpaired) electrons. The van der Waals surface area contributed by atoms with Crippen molar-refractivity contribution in [2.24, 2.45) is 0 Å². The second-order valence-electron chi connectivity index (χ2n) is 3.97. The Labute approximate surface area is 109 Å². The van der Waals surface area contributed by atoms with Gasteiger partial charge < -0.3 is 20.2 Å². The van der Waals surface area contributed by atoms with E-state index in [1.54, 1.807) is 30.3 Å². The van der Waals surface area contributed by atoms with Crippen LogP contribution in [-0.2, 0) is 20.6 Å². The maximum Gasteiger partial charge on any atom is 0.334 e. The summed E-state index contributed by atoms with van der Waals surface area (Å²) in [6.45, 7) is 0. The van der Waals surface area contributed by atoms with Crippen molar-refractivity contribution in [3.63, 3.8) is 0 Å². The molecule has 0 aliphatic carbocycles. The fourth-order valence-corrected chi connectivity index (χ4v) is 1.94. The van der Waals surface area contributed by atoms with Gasteiger partial charge in [-0.25, -0.2) is 4.79 Å². The van der Waals surface area contributed by atoms with Crippen LogP contribution in [-0.4, -0.2) is 39.0 Å². The van der Waals surface area contributed by atoms with Crippen molar-refractivity contribution in [1.29, 1.82) is 0 Å². The van der Waals surface area contributed by atoms with Gasteiger partial charge in [-0.1, -0.05) is 30.3 Å². The number of aliphatic carboxylic acids is 1. The third kappa shape index (κ3) is 6.15. The van der Waals surface area contributed by atoms with E-state index < -0.39 is 31.7 Å². The van der Waals surface area contributed by atoms with E-state index in [0.717, 1.165) is 0 Å². The second-order valence-corrected chi connectivity index (χ2v) is 5.62. The van der Waals surface area contributed by atoms with Gasteiger partial charge in [-0.3, -0.25) is 9.36 Å². The number of carboxylic acid groups (broad SMARTS) is 1. The molecule has 0 aliphatic heterocycles. The van der Waals surface area contributed by atoms with Crippen LogP contribution >= 0.6 is 7.60 Å². The molecule has 1 rings (SSSR count). The van der Waals surface area contributed by atoms with E-state index in [-0.39, 0.29) is 6.42 Å². The number of hydrogen-bond donors (Lipinski definition) is 4. The molecule has 1 aromatic rings. The number of carbonyl (C=O) groups is 2. The number of benzene rings is 1. The molecule has 8 heteroatoms. The summed E-state index contributed by atoms with van der Waals surface area (Å²) in [7, 11) is -4.50. The van der Waals surface area contributed by atoms with Crippen LogP contribution in [0.5, 0.6) is 0 Å². The molecule has 0 heterocycles. The quantitative estimate of drug-likeness (QED) is 0.545. The van der Waals surface area contributed by atoms with Crippen molar-refractivity contribution in [3.05, 3.63) is 35.9 Å². The Balaban J connectivity index is 2.67. The van der Waals surface area contributed by atoms with Crippen LogP contribution in [0.4, 0.5) is 0 Å². The van der Waals surface area contributed by atoms with Crippen molar-refractivity contribution in [2.45, 2.75) is 12.5 Å². The Morgan fingerprint density at radius 2 is 1.79 bits per heavy atom. The van der Waals surface area contributed by atoms with Gasteiger partial charge in [-0.2, -0.15) is 0 Å². The summed E-state index contributed by atoms with van der Waals surface area (Å²) in [5.41, 5.74) is 0.700. The summed E-state index contributed by atoms with van der Waals surface area (Å²) in [4.78, 5) is 39.6. The van der Waals surface area contributed by atoms with Crippen molar-refractivity contribution in [2.75, 3.05) is 6.16 Å². The van der Waals surface area contributed by atoms with Crippen LogP contribution in [0.15, 0.2) is 30.3 Å². The molecule has 19 heavy (non-hydrogen) atoms. The number of nitrogens with one attached hydrogen (secondary N) is 1. The Morgan fingerprint density at radius 3 is 2.26 bits per heavy atom. The predicted molar refractivity (Wildman–Crippen MR) is 66.6 cm³/mol. The number of hydrogen-bond acceptors (Lipinski definition) is 3. The minimum atomic E-state index is -4.50. The van der Waals surface area contributed by atoms with Gasteiger partial charge in [-0.15, -0.1) is 0 Å². The fourth-order valence-electron chi connectivity index (χ4n) is 1.48. The first kappa shape index (κ1) is 15.4. The minimum absolute atomic E-state index is 0.0447. The highest BCUT2D eigenvalue weighted by atomic mass is 31.2. The molecule has 0 aromatic heterocycles. The average Bonchev–Trinajstić information content (AvgIpc) is 2.26. The molecule has 0 saturated carbocycles. The summed E-state index contributed by atoms with van der Waals surface area (Å²) < 4.78 is 10.6. The predicted octanol–water partition coefficient (Wildman–Crippen LogP) is -0.0238. The fraction of sp³-hybridized carbons (Fsp3) is 0.273. The molecule has 0 fully saturated rings. The van der Waals surface area contributed by atoms with Crippen LogP contribution < -0.4 is 5.32 Å². The van der Waals surface area contributed by atoms with Gasteiger partial charge in [0, 0.05) is 6.42 Å². The Hall–Kier alpha value is -1.69. The lowest BCUT2D eigenvalue weighted by atomic mass is 10.1. The summed E-state index contributed by atoms with van der Waals surface area (Å²) in [5.74, 6) is -2.25. The number of rotatable bonds is 6. The molecule has 0 spiro atoms. The van der Waals surface area contributed by atoms with Gasteiger partial charge in [0.2, 0.25) is 5.91 Å². The molecule has 1 aromatic carbocycles. The number of carbonyl (C=O) groups excluding carboxylic acids is 1. The second kappa shape index (κ2) is 6.47. The van der Waals surface area contributed by atoms with Crippen molar-refractivity contribution in [3.8, 4) is 0 Å². The highest BCUT2D eigenvalue weighted by Crippen LogP contribution is 2.33. The molecule has 1 atom stereocenters. The lowest BCUT2D eigenvalue weighted by molar-refractivity contribution is -0.141. The first-order valence-electron chi connectivity index (χ1n) is 5.38. The summed E-state index contributed by atoms with van der Waals surface area (Å²) in [6.07, 6.45) is -0.978. The molecule has 104 valence electrons. The molecule has 0 aliphatic rings.